The number of imidazole rings is 1. The van der Waals surface area contributed by atoms with Gasteiger partial charge in [-0.3, -0.25) is 9.69 Å². The third-order valence-corrected chi connectivity index (χ3v) is 4.21. The van der Waals surface area contributed by atoms with Crippen molar-refractivity contribution < 1.29 is 9.53 Å². The number of likely N-dealkylation sites (tertiary alicyclic amines) is 1. The highest BCUT2D eigenvalue weighted by molar-refractivity contribution is 6.08. The van der Waals surface area contributed by atoms with E-state index in [1.54, 1.807) is 31.4 Å². The van der Waals surface area contributed by atoms with Gasteiger partial charge in [-0.2, -0.15) is 0 Å². The van der Waals surface area contributed by atoms with Crippen molar-refractivity contribution >= 4 is 5.78 Å². The smallest absolute Gasteiger partial charge is 0.323 e. The zero-order valence-electron chi connectivity index (χ0n) is 13.2. The quantitative estimate of drug-likeness (QED) is 0.827. The predicted molar refractivity (Wildman–Crippen MR) is 87.0 cm³/mol. The largest absolute Gasteiger partial charge is 0.497 e. The minimum absolute atomic E-state index is 0.182. The highest BCUT2D eigenvalue weighted by Gasteiger charge is 2.20. The van der Waals surface area contributed by atoms with Gasteiger partial charge in [-0.1, -0.05) is 6.42 Å². The van der Waals surface area contributed by atoms with Crippen molar-refractivity contribution in [3.05, 3.63) is 51.7 Å². The number of nitrogens with zero attached hydrogens (tertiary/aromatic N) is 1. The van der Waals surface area contributed by atoms with Crippen LogP contribution in [0.1, 0.15) is 41.0 Å². The molecule has 2 N–H and O–H groups in total. The molecule has 3 rings (SSSR count). The average molecular weight is 315 g/mol. The van der Waals surface area contributed by atoms with Crippen LogP contribution in [0, 0.1) is 0 Å². The maximum Gasteiger partial charge on any atom is 0.323 e. The summed E-state index contributed by atoms with van der Waals surface area (Å²) >= 11 is 0. The van der Waals surface area contributed by atoms with Gasteiger partial charge < -0.3 is 14.7 Å². The number of carbonyl (C=O) groups is 1. The summed E-state index contributed by atoms with van der Waals surface area (Å²) in [4.78, 5) is 32.0. The van der Waals surface area contributed by atoms with E-state index in [0.717, 1.165) is 25.9 Å². The van der Waals surface area contributed by atoms with E-state index in [1.807, 2.05) is 0 Å². The summed E-state index contributed by atoms with van der Waals surface area (Å²) in [5, 5.41) is 0. The first-order valence-corrected chi connectivity index (χ1v) is 7.89. The molecule has 6 heteroatoms. The van der Waals surface area contributed by atoms with Gasteiger partial charge in [0.05, 0.1) is 12.8 Å². The van der Waals surface area contributed by atoms with Gasteiger partial charge in [-0.15, -0.1) is 0 Å². The molecule has 1 aromatic carbocycles. The molecule has 0 amide bonds. The molecule has 1 fully saturated rings. The standard InChI is InChI=1S/C17H21N3O3/c1-23-13-7-5-12(6-8-13)16(21)15-14(18-17(22)19-15)11-20-9-3-2-4-10-20/h5-8H,2-4,9-11H2,1H3,(H2,18,19,22). The molecule has 0 radical (unpaired) electrons. The molecule has 1 aliphatic heterocycles. The van der Waals surface area contributed by atoms with Crippen LogP contribution in [0.2, 0.25) is 0 Å². The van der Waals surface area contributed by atoms with Crippen LogP contribution < -0.4 is 10.4 Å². The minimum atomic E-state index is -0.339. The number of benzene rings is 1. The van der Waals surface area contributed by atoms with Crippen molar-refractivity contribution in [1.29, 1.82) is 0 Å². The first-order valence-electron chi connectivity index (χ1n) is 7.89. The minimum Gasteiger partial charge on any atom is -0.497 e. The molecule has 2 heterocycles. The number of hydrogen-bond acceptors (Lipinski definition) is 4. The maximum absolute atomic E-state index is 12.7. The molecule has 23 heavy (non-hydrogen) atoms. The number of aromatic nitrogens is 2. The van der Waals surface area contributed by atoms with Crippen molar-refractivity contribution in [2.75, 3.05) is 20.2 Å². The van der Waals surface area contributed by atoms with Gasteiger partial charge >= 0.3 is 5.69 Å². The molecule has 0 unspecified atom stereocenters. The van der Waals surface area contributed by atoms with E-state index in [2.05, 4.69) is 14.9 Å². The van der Waals surface area contributed by atoms with Crippen molar-refractivity contribution in [3.63, 3.8) is 0 Å². The molecular weight excluding hydrogens is 294 g/mol. The molecule has 1 aromatic heterocycles. The lowest BCUT2D eigenvalue weighted by Gasteiger charge is -2.25. The van der Waals surface area contributed by atoms with E-state index in [4.69, 9.17) is 4.74 Å². The number of aromatic amines is 2. The second kappa shape index (κ2) is 6.83. The highest BCUT2D eigenvalue weighted by atomic mass is 16.5. The van der Waals surface area contributed by atoms with Gasteiger partial charge in [0.15, 0.2) is 0 Å². The highest BCUT2D eigenvalue weighted by Crippen LogP contribution is 2.17. The molecule has 6 nitrogen and oxygen atoms in total. The molecule has 0 saturated carbocycles. The third kappa shape index (κ3) is 3.53. The van der Waals surface area contributed by atoms with Crippen LogP contribution in [0.15, 0.2) is 29.1 Å². The fourth-order valence-electron chi connectivity index (χ4n) is 2.96. The Labute approximate surface area is 134 Å². The molecule has 1 saturated heterocycles. The molecule has 2 aromatic rings. The summed E-state index contributed by atoms with van der Waals surface area (Å²) in [6.45, 7) is 2.60. The van der Waals surface area contributed by atoms with Crippen LogP contribution in [-0.2, 0) is 6.54 Å². The van der Waals surface area contributed by atoms with E-state index in [-0.39, 0.29) is 11.5 Å². The Morgan fingerprint density at radius 1 is 1.13 bits per heavy atom. The zero-order chi connectivity index (χ0) is 16.2. The molecular formula is C17H21N3O3. The van der Waals surface area contributed by atoms with Gasteiger partial charge in [0.2, 0.25) is 5.78 Å². The van der Waals surface area contributed by atoms with E-state index < -0.39 is 0 Å². The third-order valence-electron chi connectivity index (χ3n) is 4.21. The maximum atomic E-state index is 12.7. The first-order chi connectivity index (χ1) is 11.2. The van der Waals surface area contributed by atoms with Gasteiger partial charge in [0.1, 0.15) is 11.4 Å². The summed E-state index contributed by atoms with van der Waals surface area (Å²) in [7, 11) is 1.58. The second-order valence-electron chi connectivity index (χ2n) is 5.83. The molecule has 0 bridgehead atoms. The number of piperidine rings is 1. The van der Waals surface area contributed by atoms with Crippen molar-refractivity contribution in [2.24, 2.45) is 0 Å². The fourth-order valence-corrected chi connectivity index (χ4v) is 2.96. The Bertz CT molecular complexity index is 724. The van der Waals surface area contributed by atoms with Gasteiger partial charge in [0.25, 0.3) is 0 Å². The predicted octanol–water partition coefficient (Wildman–Crippen LogP) is 1.93. The lowest BCUT2D eigenvalue weighted by molar-refractivity contribution is 0.103. The Morgan fingerprint density at radius 3 is 2.48 bits per heavy atom. The summed E-state index contributed by atoms with van der Waals surface area (Å²) in [5.41, 5.74) is 1.21. The van der Waals surface area contributed by atoms with E-state index in [0.29, 0.717) is 29.2 Å². The lowest BCUT2D eigenvalue weighted by atomic mass is 10.1. The van der Waals surface area contributed by atoms with Gasteiger partial charge in [0, 0.05) is 12.1 Å². The van der Waals surface area contributed by atoms with Crippen LogP contribution in [0.4, 0.5) is 0 Å². The molecule has 122 valence electrons. The van der Waals surface area contributed by atoms with Crippen LogP contribution in [0.25, 0.3) is 0 Å². The van der Waals surface area contributed by atoms with Crippen LogP contribution in [-0.4, -0.2) is 40.9 Å². The zero-order valence-corrected chi connectivity index (χ0v) is 13.2. The molecule has 1 aliphatic rings. The van der Waals surface area contributed by atoms with Crippen molar-refractivity contribution in [2.45, 2.75) is 25.8 Å². The lowest BCUT2D eigenvalue weighted by Crippen LogP contribution is -2.30. The average Bonchev–Trinajstić information content (AvgIpc) is 2.95. The van der Waals surface area contributed by atoms with Gasteiger partial charge in [-0.25, -0.2) is 4.79 Å². The first kappa shape index (κ1) is 15.6. The molecule has 0 spiro atoms. The van der Waals surface area contributed by atoms with Crippen LogP contribution >= 0.6 is 0 Å². The fraction of sp³-hybridized carbons (Fsp3) is 0.412. The number of ketones is 1. The number of methoxy groups -OCH3 is 1. The SMILES string of the molecule is COc1ccc(C(=O)c2[nH]c(=O)[nH]c2CN2CCCCC2)cc1. The van der Waals surface area contributed by atoms with E-state index >= 15 is 0 Å². The van der Waals surface area contributed by atoms with Crippen LogP contribution in [0.3, 0.4) is 0 Å². The topological polar surface area (TPSA) is 78.2 Å². The van der Waals surface area contributed by atoms with E-state index in [1.165, 1.54) is 6.42 Å². The Balaban J connectivity index is 1.83. The normalized spacial score (nSPS) is 15.5. The number of rotatable bonds is 5. The summed E-state index contributed by atoms with van der Waals surface area (Å²) < 4.78 is 5.10. The van der Waals surface area contributed by atoms with E-state index in [9.17, 15) is 9.59 Å². The monoisotopic (exact) mass is 315 g/mol. The molecule has 0 atom stereocenters. The Kier molecular flexibility index (Phi) is 4.62. The van der Waals surface area contributed by atoms with Gasteiger partial charge in [-0.05, 0) is 50.2 Å². The Hall–Kier alpha value is -2.34. The summed E-state index contributed by atoms with van der Waals surface area (Å²) in [6, 6.07) is 6.89. The number of nitrogens with one attached hydrogen (secondary N) is 2. The number of hydrogen-bond donors (Lipinski definition) is 2. The van der Waals surface area contributed by atoms with Crippen molar-refractivity contribution in [1.82, 2.24) is 14.9 Å². The number of carbonyl (C=O) groups excluding carboxylic acids is 1. The summed E-state index contributed by atoms with van der Waals surface area (Å²) in [6.07, 6.45) is 3.57. The number of H-pyrrole nitrogens is 2. The number of ether oxygens (including phenoxy) is 1. The molecule has 0 aliphatic carbocycles. The Morgan fingerprint density at radius 2 is 1.83 bits per heavy atom. The second-order valence-corrected chi connectivity index (χ2v) is 5.83. The van der Waals surface area contributed by atoms with Crippen molar-refractivity contribution in [3.8, 4) is 5.75 Å². The summed E-state index contributed by atoms with van der Waals surface area (Å²) in [5.74, 6) is 0.510. The van der Waals surface area contributed by atoms with Crippen LogP contribution in [0.5, 0.6) is 5.75 Å².